The summed E-state index contributed by atoms with van der Waals surface area (Å²) in [6, 6.07) is 5.88. The first-order valence-electron chi connectivity index (χ1n) is 7.36. The summed E-state index contributed by atoms with van der Waals surface area (Å²) in [6.45, 7) is 3.68. The van der Waals surface area contributed by atoms with E-state index in [9.17, 15) is 19.5 Å². The summed E-state index contributed by atoms with van der Waals surface area (Å²) < 4.78 is 0. The van der Waals surface area contributed by atoms with Gasteiger partial charge in [-0.1, -0.05) is 44.2 Å². The van der Waals surface area contributed by atoms with E-state index >= 15 is 0 Å². The Balaban J connectivity index is 2.66. The van der Waals surface area contributed by atoms with Gasteiger partial charge in [0, 0.05) is 6.42 Å². The van der Waals surface area contributed by atoms with Gasteiger partial charge in [-0.15, -0.1) is 0 Å². The van der Waals surface area contributed by atoms with Crippen LogP contribution in [0.4, 0.5) is 4.79 Å². The van der Waals surface area contributed by atoms with E-state index in [-0.39, 0.29) is 18.8 Å². The highest BCUT2D eigenvalue weighted by atomic mass is 16.4. The predicted octanol–water partition coefficient (Wildman–Crippen LogP) is 1.48. The largest absolute Gasteiger partial charge is 0.480 e. The Hall–Kier alpha value is -2.57. The van der Waals surface area contributed by atoms with Gasteiger partial charge in [0.25, 0.3) is 0 Å². The van der Waals surface area contributed by atoms with Crippen LogP contribution in [-0.4, -0.2) is 40.3 Å². The number of urea groups is 1. The van der Waals surface area contributed by atoms with E-state index in [1.807, 2.05) is 19.9 Å². The summed E-state index contributed by atoms with van der Waals surface area (Å²) in [5.74, 6) is -2.25. The van der Waals surface area contributed by atoms with Crippen LogP contribution in [0.25, 0.3) is 0 Å². The maximum atomic E-state index is 11.9. The molecular weight excluding hydrogens is 300 g/mol. The minimum atomic E-state index is -1.18. The molecule has 0 aromatic heterocycles. The van der Waals surface area contributed by atoms with Crippen LogP contribution in [0.15, 0.2) is 30.3 Å². The van der Waals surface area contributed by atoms with Crippen LogP contribution < -0.4 is 10.6 Å². The van der Waals surface area contributed by atoms with Crippen LogP contribution in [0.2, 0.25) is 0 Å². The van der Waals surface area contributed by atoms with E-state index < -0.39 is 30.1 Å². The summed E-state index contributed by atoms with van der Waals surface area (Å²) in [5, 5.41) is 22.9. The highest BCUT2D eigenvalue weighted by Gasteiger charge is 2.25. The third-order valence-corrected chi connectivity index (χ3v) is 3.20. The monoisotopic (exact) mass is 322 g/mol. The lowest BCUT2D eigenvalue weighted by Crippen LogP contribution is -2.52. The molecule has 0 radical (unpaired) electrons. The van der Waals surface area contributed by atoms with Crippen molar-refractivity contribution in [2.24, 2.45) is 5.92 Å². The number of carbonyl (C=O) groups is 3. The molecule has 1 aromatic rings. The molecule has 0 spiro atoms. The molecule has 0 bridgehead atoms. The van der Waals surface area contributed by atoms with Crippen molar-refractivity contribution < 1.29 is 24.6 Å². The summed E-state index contributed by atoms with van der Waals surface area (Å²) >= 11 is 0. The van der Waals surface area contributed by atoms with Gasteiger partial charge in [0.1, 0.15) is 12.1 Å². The van der Waals surface area contributed by atoms with E-state index in [0.29, 0.717) is 0 Å². The summed E-state index contributed by atoms with van der Waals surface area (Å²) in [7, 11) is 0. The normalized spacial score (nSPS) is 13.2. The first kappa shape index (κ1) is 18.5. The summed E-state index contributed by atoms with van der Waals surface area (Å²) in [6.07, 6.45) is 0.380. The van der Waals surface area contributed by atoms with Gasteiger partial charge in [-0.2, -0.15) is 0 Å². The molecule has 7 nitrogen and oxygen atoms in total. The van der Waals surface area contributed by atoms with E-state index in [4.69, 9.17) is 5.11 Å². The van der Waals surface area contributed by atoms with Gasteiger partial charge in [0.15, 0.2) is 0 Å². The van der Waals surface area contributed by atoms with Crippen LogP contribution in [0.3, 0.4) is 0 Å². The van der Waals surface area contributed by atoms with Crippen molar-refractivity contribution in [1.82, 2.24) is 10.6 Å². The van der Waals surface area contributed by atoms with Gasteiger partial charge in [0.05, 0.1) is 0 Å². The van der Waals surface area contributed by atoms with Gasteiger partial charge < -0.3 is 20.8 Å². The van der Waals surface area contributed by atoms with Gasteiger partial charge >= 0.3 is 18.0 Å². The second-order valence-corrected chi connectivity index (χ2v) is 5.72. The molecule has 0 aliphatic carbocycles. The number of rotatable bonds is 8. The minimum absolute atomic E-state index is 0.0796. The molecule has 126 valence electrons. The van der Waals surface area contributed by atoms with Crippen molar-refractivity contribution in [3.63, 3.8) is 0 Å². The fraction of sp³-hybridized carbons (Fsp3) is 0.438. The lowest BCUT2D eigenvalue weighted by molar-refractivity contribution is -0.139. The molecule has 7 heteroatoms. The Kier molecular flexibility index (Phi) is 7.05. The molecule has 0 fully saturated rings. The maximum Gasteiger partial charge on any atom is 0.326 e. The third kappa shape index (κ3) is 6.82. The molecule has 0 aliphatic rings. The Morgan fingerprint density at radius 2 is 1.48 bits per heavy atom. The van der Waals surface area contributed by atoms with Crippen molar-refractivity contribution in [3.8, 4) is 0 Å². The van der Waals surface area contributed by atoms with Crippen LogP contribution >= 0.6 is 0 Å². The highest BCUT2D eigenvalue weighted by Crippen LogP contribution is 2.06. The first-order valence-corrected chi connectivity index (χ1v) is 7.36. The third-order valence-electron chi connectivity index (χ3n) is 3.20. The predicted molar refractivity (Wildman–Crippen MR) is 84.1 cm³/mol. The summed E-state index contributed by atoms with van der Waals surface area (Å²) in [4.78, 5) is 34.3. The fourth-order valence-corrected chi connectivity index (χ4v) is 2.10. The molecule has 4 N–H and O–H groups in total. The fourth-order valence-electron chi connectivity index (χ4n) is 2.10. The van der Waals surface area contributed by atoms with Gasteiger partial charge in [-0.05, 0) is 17.9 Å². The molecule has 0 heterocycles. The van der Waals surface area contributed by atoms with Gasteiger partial charge in [-0.25, -0.2) is 14.4 Å². The van der Waals surface area contributed by atoms with Crippen LogP contribution in [-0.2, 0) is 16.0 Å². The van der Waals surface area contributed by atoms with Crippen molar-refractivity contribution in [2.75, 3.05) is 0 Å². The van der Waals surface area contributed by atoms with Crippen molar-refractivity contribution in [1.29, 1.82) is 0 Å². The van der Waals surface area contributed by atoms with Crippen molar-refractivity contribution in [3.05, 3.63) is 35.9 Å². The number of hydrogen-bond donors (Lipinski definition) is 4. The van der Waals surface area contributed by atoms with Crippen LogP contribution in [0.5, 0.6) is 0 Å². The number of nitrogens with one attached hydrogen (secondary N) is 2. The molecule has 0 saturated carbocycles. The maximum absolute atomic E-state index is 11.9. The van der Waals surface area contributed by atoms with E-state index in [1.165, 1.54) is 0 Å². The Morgan fingerprint density at radius 1 is 0.957 bits per heavy atom. The zero-order valence-corrected chi connectivity index (χ0v) is 13.2. The quantitative estimate of drug-likeness (QED) is 0.578. The Bertz CT molecular complexity index is 545. The number of carboxylic acids is 2. The Labute approximate surface area is 134 Å². The average Bonchev–Trinajstić information content (AvgIpc) is 2.46. The first-order chi connectivity index (χ1) is 10.8. The molecule has 0 saturated heterocycles. The second-order valence-electron chi connectivity index (χ2n) is 5.72. The van der Waals surface area contributed by atoms with Crippen molar-refractivity contribution in [2.45, 2.75) is 38.8 Å². The Morgan fingerprint density at radius 3 is 1.96 bits per heavy atom. The zero-order valence-electron chi connectivity index (χ0n) is 13.2. The lowest BCUT2D eigenvalue weighted by Gasteiger charge is -2.19. The number of aliphatic carboxylic acids is 2. The number of hydrogen-bond acceptors (Lipinski definition) is 3. The standard InChI is InChI=1S/C16H22N2O5/c1-10(2)8-12(14(19)20)17-16(23)18-13(15(21)22)9-11-6-4-3-5-7-11/h3-7,10,12-13H,8-9H2,1-2H3,(H,19,20)(H,21,22)(H2,17,18,23). The minimum Gasteiger partial charge on any atom is -0.480 e. The van der Waals surface area contributed by atoms with Crippen LogP contribution in [0.1, 0.15) is 25.8 Å². The molecule has 0 aliphatic heterocycles. The molecule has 1 rings (SSSR count). The highest BCUT2D eigenvalue weighted by molar-refractivity contribution is 5.86. The number of carboxylic acid groups (broad SMARTS) is 2. The van der Waals surface area contributed by atoms with E-state index in [1.54, 1.807) is 24.3 Å². The number of amides is 2. The number of benzene rings is 1. The van der Waals surface area contributed by atoms with Gasteiger partial charge in [0.2, 0.25) is 0 Å². The lowest BCUT2D eigenvalue weighted by atomic mass is 10.0. The second kappa shape index (κ2) is 8.77. The zero-order chi connectivity index (χ0) is 17.4. The molecule has 23 heavy (non-hydrogen) atoms. The molecule has 2 unspecified atom stereocenters. The average molecular weight is 322 g/mol. The topological polar surface area (TPSA) is 116 Å². The molecular formula is C16H22N2O5. The summed E-state index contributed by atoms with van der Waals surface area (Å²) in [5.41, 5.74) is 0.761. The molecule has 1 aromatic carbocycles. The molecule has 2 atom stereocenters. The smallest absolute Gasteiger partial charge is 0.326 e. The van der Waals surface area contributed by atoms with Crippen molar-refractivity contribution >= 4 is 18.0 Å². The van der Waals surface area contributed by atoms with Crippen LogP contribution in [0, 0.1) is 5.92 Å². The van der Waals surface area contributed by atoms with E-state index in [2.05, 4.69) is 10.6 Å². The van der Waals surface area contributed by atoms with Gasteiger partial charge in [-0.3, -0.25) is 0 Å². The van der Waals surface area contributed by atoms with E-state index in [0.717, 1.165) is 5.56 Å². The SMILES string of the molecule is CC(C)CC(NC(=O)NC(Cc1ccccc1)C(=O)O)C(=O)O. The molecule has 2 amide bonds. The number of carbonyl (C=O) groups excluding carboxylic acids is 1.